The van der Waals surface area contributed by atoms with E-state index in [1.165, 1.54) is 18.2 Å². The van der Waals surface area contributed by atoms with Crippen LogP contribution < -0.4 is 14.2 Å². The van der Waals surface area contributed by atoms with Crippen LogP contribution >= 0.6 is 0 Å². The third-order valence-corrected chi connectivity index (χ3v) is 8.47. The lowest BCUT2D eigenvalue weighted by Gasteiger charge is -2.38. The first-order valence-corrected chi connectivity index (χ1v) is 14.7. The van der Waals surface area contributed by atoms with E-state index in [2.05, 4.69) is 9.62 Å². The van der Waals surface area contributed by atoms with Crippen LogP contribution in [0.2, 0.25) is 0 Å². The molecule has 0 fully saturated rings. The molecule has 3 aromatic carbocycles. The number of benzene rings is 3. The second kappa shape index (κ2) is 12.7. The molecule has 214 valence electrons. The highest BCUT2D eigenvalue weighted by molar-refractivity contribution is 7.92. The molecule has 3 aromatic rings. The Morgan fingerprint density at radius 2 is 1.82 bits per heavy atom. The maximum absolute atomic E-state index is 13.7. The third-order valence-electron chi connectivity index (χ3n) is 7.07. The van der Waals surface area contributed by atoms with Gasteiger partial charge in [0, 0.05) is 31.2 Å². The molecule has 3 atom stereocenters. The molecule has 1 aliphatic rings. The maximum Gasteiger partial charge on any atom is 0.261 e. The van der Waals surface area contributed by atoms with Gasteiger partial charge in [0.25, 0.3) is 15.9 Å². The summed E-state index contributed by atoms with van der Waals surface area (Å²) in [4.78, 5) is 17.6. The number of sulfonamides is 1. The number of carbonyl (C=O) groups is 1. The molecular formula is C30H37N3O6S. The van der Waals surface area contributed by atoms with Gasteiger partial charge in [-0.25, -0.2) is 8.42 Å². The van der Waals surface area contributed by atoms with Gasteiger partial charge in [-0.15, -0.1) is 0 Å². The van der Waals surface area contributed by atoms with Gasteiger partial charge in [-0.2, -0.15) is 0 Å². The minimum Gasteiger partial charge on any atom is -0.497 e. The molecule has 0 saturated heterocycles. The fraction of sp³-hybridized carbons (Fsp3) is 0.367. The molecule has 0 radical (unpaired) electrons. The molecule has 40 heavy (non-hydrogen) atoms. The zero-order valence-electron chi connectivity index (χ0n) is 23.3. The highest BCUT2D eigenvalue weighted by Crippen LogP contribution is 2.31. The zero-order valence-corrected chi connectivity index (χ0v) is 24.1. The fourth-order valence-electron chi connectivity index (χ4n) is 4.73. The number of anilines is 1. The normalized spacial score (nSPS) is 18.4. The number of nitrogens with zero attached hydrogens (tertiary/aromatic N) is 2. The molecule has 0 unspecified atom stereocenters. The molecule has 2 N–H and O–H groups in total. The van der Waals surface area contributed by atoms with Crippen LogP contribution in [0.5, 0.6) is 11.5 Å². The van der Waals surface area contributed by atoms with Gasteiger partial charge >= 0.3 is 0 Å². The summed E-state index contributed by atoms with van der Waals surface area (Å²) in [7, 11) is -0.195. The van der Waals surface area contributed by atoms with E-state index < -0.39 is 16.1 Å². The number of hydrogen-bond donors (Lipinski definition) is 2. The molecule has 10 heteroatoms. The van der Waals surface area contributed by atoms with Crippen LogP contribution in [0.3, 0.4) is 0 Å². The summed E-state index contributed by atoms with van der Waals surface area (Å²) in [5, 5.41) is 9.91. The topological polar surface area (TPSA) is 108 Å². The summed E-state index contributed by atoms with van der Waals surface area (Å²) in [5.74, 6) is 0.806. The van der Waals surface area contributed by atoms with Crippen LogP contribution in [0, 0.1) is 5.92 Å². The van der Waals surface area contributed by atoms with Crippen LogP contribution in [0.15, 0.2) is 77.7 Å². The van der Waals surface area contributed by atoms with Crippen LogP contribution in [0.25, 0.3) is 0 Å². The van der Waals surface area contributed by atoms with Crippen molar-refractivity contribution in [1.82, 2.24) is 9.80 Å². The first-order valence-electron chi connectivity index (χ1n) is 13.2. The number of fused-ring (bicyclic) bond motifs is 1. The fourth-order valence-corrected chi connectivity index (χ4v) is 5.80. The van der Waals surface area contributed by atoms with E-state index in [1.807, 2.05) is 38.2 Å². The minimum atomic E-state index is -3.85. The Balaban J connectivity index is 1.61. The number of methoxy groups -OCH3 is 1. The number of rotatable bonds is 10. The molecule has 1 aliphatic heterocycles. The minimum absolute atomic E-state index is 0.0410. The van der Waals surface area contributed by atoms with Crippen molar-refractivity contribution in [2.75, 3.05) is 38.6 Å². The Morgan fingerprint density at radius 1 is 1.12 bits per heavy atom. The predicted octanol–water partition coefficient (Wildman–Crippen LogP) is 3.85. The van der Waals surface area contributed by atoms with Gasteiger partial charge in [0.15, 0.2) is 0 Å². The van der Waals surface area contributed by atoms with Crippen LogP contribution in [-0.4, -0.2) is 75.2 Å². The summed E-state index contributed by atoms with van der Waals surface area (Å²) >= 11 is 0. The highest BCUT2D eigenvalue weighted by Gasteiger charge is 2.33. The first kappa shape index (κ1) is 29.4. The largest absolute Gasteiger partial charge is 0.497 e. The molecular weight excluding hydrogens is 530 g/mol. The number of aliphatic hydroxyl groups excluding tert-OH is 1. The molecule has 0 bridgehead atoms. The van der Waals surface area contributed by atoms with Crippen LogP contribution in [0.4, 0.5) is 5.69 Å². The second-order valence-corrected chi connectivity index (χ2v) is 12.0. The van der Waals surface area contributed by atoms with Crippen molar-refractivity contribution in [3.8, 4) is 11.5 Å². The molecule has 0 spiro atoms. The summed E-state index contributed by atoms with van der Waals surface area (Å²) in [6.07, 6.45) is -0.268. The lowest BCUT2D eigenvalue weighted by atomic mass is 9.99. The number of nitrogens with one attached hydrogen (secondary N) is 1. The number of aliphatic hydroxyl groups is 1. The van der Waals surface area contributed by atoms with E-state index in [-0.39, 0.29) is 40.7 Å². The van der Waals surface area contributed by atoms with Crippen molar-refractivity contribution in [2.45, 2.75) is 37.4 Å². The highest BCUT2D eigenvalue weighted by atomic mass is 32.2. The zero-order chi connectivity index (χ0) is 28.9. The Bertz CT molecular complexity index is 1400. The molecule has 9 nitrogen and oxygen atoms in total. The van der Waals surface area contributed by atoms with Crippen LogP contribution in [0.1, 0.15) is 29.8 Å². The Morgan fingerprint density at radius 3 is 2.48 bits per heavy atom. The quantitative estimate of drug-likeness (QED) is 0.383. The average Bonchev–Trinajstić information content (AvgIpc) is 2.95. The van der Waals surface area contributed by atoms with E-state index in [0.717, 1.165) is 11.3 Å². The summed E-state index contributed by atoms with van der Waals surface area (Å²) < 4.78 is 40.1. The molecule has 1 heterocycles. The van der Waals surface area contributed by atoms with E-state index in [1.54, 1.807) is 49.3 Å². The molecule has 0 aliphatic carbocycles. The van der Waals surface area contributed by atoms with Crippen molar-refractivity contribution in [2.24, 2.45) is 5.92 Å². The monoisotopic (exact) mass is 567 g/mol. The average molecular weight is 568 g/mol. The Hall–Kier alpha value is -3.60. The van der Waals surface area contributed by atoms with Crippen molar-refractivity contribution in [1.29, 1.82) is 0 Å². The van der Waals surface area contributed by atoms with Gasteiger partial charge in [0.05, 0.1) is 30.2 Å². The summed E-state index contributed by atoms with van der Waals surface area (Å²) in [6.45, 7) is 5.28. The number of likely N-dealkylation sites (N-methyl/N-ethyl adjacent to an activating group) is 1. The third kappa shape index (κ3) is 6.93. The van der Waals surface area contributed by atoms with Crippen molar-refractivity contribution in [3.63, 3.8) is 0 Å². The SMILES string of the molecule is COc1ccc(CN(C)C[C@H]2Oc3ccc(NS(=O)(=O)c4ccccc4)cc3C(=O)N([C@H](C)CO)C[C@H]2C)cc1. The van der Waals surface area contributed by atoms with Gasteiger partial charge in [0.2, 0.25) is 0 Å². The molecule has 0 saturated carbocycles. The van der Waals surface area contributed by atoms with Gasteiger partial charge in [-0.3, -0.25) is 14.4 Å². The van der Waals surface area contributed by atoms with Gasteiger partial charge in [-0.05, 0) is 62.0 Å². The van der Waals surface area contributed by atoms with E-state index >= 15 is 0 Å². The first-order chi connectivity index (χ1) is 19.1. The standard InChI is InChI=1S/C30H37N3O6S/c1-21-17-33(22(2)20-34)30(35)27-16-24(31-40(36,37)26-8-6-5-7-9-26)12-15-28(27)39-29(21)19-32(3)18-23-10-13-25(38-4)14-11-23/h5-16,21-22,29,31,34H,17-20H2,1-4H3/t21-,22-,29-/m1/s1. The molecule has 0 aromatic heterocycles. The molecule has 1 amide bonds. The van der Waals surface area contributed by atoms with E-state index in [4.69, 9.17) is 9.47 Å². The molecule has 4 rings (SSSR count). The Kier molecular flexibility index (Phi) is 9.34. The number of amides is 1. The smallest absolute Gasteiger partial charge is 0.261 e. The van der Waals surface area contributed by atoms with E-state index in [9.17, 15) is 18.3 Å². The van der Waals surface area contributed by atoms with Crippen molar-refractivity contribution < 1.29 is 27.8 Å². The van der Waals surface area contributed by atoms with Crippen molar-refractivity contribution in [3.05, 3.63) is 83.9 Å². The summed E-state index contributed by atoms with van der Waals surface area (Å²) in [6, 6.07) is 20.2. The number of hydrogen-bond acceptors (Lipinski definition) is 7. The number of carbonyl (C=O) groups excluding carboxylic acids is 1. The van der Waals surface area contributed by atoms with Crippen molar-refractivity contribution >= 4 is 21.6 Å². The van der Waals surface area contributed by atoms with Gasteiger partial charge < -0.3 is 19.5 Å². The predicted molar refractivity (Wildman–Crippen MR) is 154 cm³/mol. The van der Waals surface area contributed by atoms with Gasteiger partial charge in [0.1, 0.15) is 17.6 Å². The second-order valence-electron chi connectivity index (χ2n) is 10.3. The lowest BCUT2D eigenvalue weighted by Crippen LogP contribution is -2.49. The Labute approximate surface area is 236 Å². The lowest BCUT2D eigenvalue weighted by molar-refractivity contribution is 0.0341. The van der Waals surface area contributed by atoms with Gasteiger partial charge in [-0.1, -0.05) is 37.3 Å². The number of ether oxygens (including phenoxy) is 2. The summed E-state index contributed by atoms with van der Waals surface area (Å²) in [5.41, 5.74) is 1.62. The van der Waals surface area contributed by atoms with E-state index in [0.29, 0.717) is 25.4 Å². The maximum atomic E-state index is 13.7. The van der Waals surface area contributed by atoms with Crippen LogP contribution in [-0.2, 0) is 16.6 Å².